The summed E-state index contributed by atoms with van der Waals surface area (Å²) in [5.74, 6) is -0.217. The summed E-state index contributed by atoms with van der Waals surface area (Å²) in [5, 5.41) is 0. The number of carbonyl (C=O) groups is 1. The number of aromatic nitrogens is 1. The Kier molecular flexibility index (Phi) is 9.48. The van der Waals surface area contributed by atoms with Crippen LogP contribution in [0.4, 0.5) is 0 Å². The summed E-state index contributed by atoms with van der Waals surface area (Å²) in [5.41, 5.74) is 1.05. The molecule has 0 aliphatic carbocycles. The van der Waals surface area contributed by atoms with Crippen molar-refractivity contribution in [2.24, 2.45) is 0 Å². The van der Waals surface area contributed by atoms with Crippen LogP contribution in [0.3, 0.4) is 0 Å². The summed E-state index contributed by atoms with van der Waals surface area (Å²) < 4.78 is 7.73. The minimum Gasteiger partial charge on any atom is -0.465 e. The summed E-state index contributed by atoms with van der Waals surface area (Å²) in [6.07, 6.45) is 12.1. The Morgan fingerprint density at radius 1 is 0.885 bits per heavy atom. The van der Waals surface area contributed by atoms with E-state index in [4.69, 9.17) is 4.74 Å². The van der Waals surface area contributed by atoms with Gasteiger partial charge in [0.15, 0.2) is 12.4 Å². The Labute approximate surface area is 158 Å². The average Bonchev–Trinajstić information content (AvgIpc) is 2.69. The second-order valence-corrected chi connectivity index (χ2v) is 6.77. The van der Waals surface area contributed by atoms with Crippen molar-refractivity contribution in [1.82, 2.24) is 0 Å². The Bertz CT molecular complexity index is 613. The number of hydrogen-bond acceptors (Lipinski definition) is 2. The molecule has 140 valence electrons. The fourth-order valence-corrected chi connectivity index (χ4v) is 3.18. The number of esters is 1. The molecule has 0 saturated heterocycles. The third-order valence-electron chi connectivity index (χ3n) is 4.73. The number of hydrogen-bond donors (Lipinski definition) is 0. The second-order valence-electron chi connectivity index (χ2n) is 6.77. The van der Waals surface area contributed by atoms with Gasteiger partial charge in [-0.2, -0.15) is 0 Å². The molecule has 0 unspecified atom stereocenters. The molecule has 1 heterocycles. The highest BCUT2D eigenvalue weighted by molar-refractivity contribution is 5.78. The Hall–Kier alpha value is -2.16. The highest BCUT2D eigenvalue weighted by Gasteiger charge is 2.19. The third-order valence-corrected chi connectivity index (χ3v) is 4.73. The van der Waals surface area contributed by atoms with Gasteiger partial charge in [0.05, 0.1) is 12.5 Å². The van der Waals surface area contributed by atoms with Crippen LogP contribution in [-0.4, -0.2) is 12.6 Å². The Morgan fingerprint density at radius 3 is 2.19 bits per heavy atom. The summed E-state index contributed by atoms with van der Waals surface area (Å²) >= 11 is 0. The number of ether oxygens (including phenoxy) is 1. The maximum atomic E-state index is 12.3. The largest absolute Gasteiger partial charge is 0.465 e. The lowest BCUT2D eigenvalue weighted by Gasteiger charge is -2.14. The van der Waals surface area contributed by atoms with E-state index in [0.717, 1.165) is 31.4 Å². The number of carbonyl (C=O) groups excluding carboxylic acids is 1. The monoisotopic (exact) mass is 354 g/mol. The van der Waals surface area contributed by atoms with Crippen LogP contribution in [0.2, 0.25) is 0 Å². The van der Waals surface area contributed by atoms with Gasteiger partial charge in [-0.05, 0) is 24.8 Å². The van der Waals surface area contributed by atoms with Crippen LogP contribution in [0.25, 0.3) is 0 Å². The van der Waals surface area contributed by atoms with Gasteiger partial charge >= 0.3 is 5.97 Å². The van der Waals surface area contributed by atoms with Crippen molar-refractivity contribution in [2.75, 3.05) is 6.61 Å². The fraction of sp³-hybridized carbons (Fsp3) is 0.478. The Balaban J connectivity index is 1.50. The summed E-state index contributed by atoms with van der Waals surface area (Å²) in [6, 6.07) is 16.1. The van der Waals surface area contributed by atoms with Crippen molar-refractivity contribution < 1.29 is 14.1 Å². The van der Waals surface area contributed by atoms with Crippen LogP contribution in [0, 0.1) is 0 Å². The summed E-state index contributed by atoms with van der Waals surface area (Å²) in [7, 11) is 0. The minimum atomic E-state index is -0.133. The van der Waals surface area contributed by atoms with E-state index in [1.54, 1.807) is 0 Å². The minimum absolute atomic E-state index is 0.0846. The van der Waals surface area contributed by atoms with Crippen LogP contribution in [0.5, 0.6) is 0 Å². The molecule has 0 aliphatic rings. The highest BCUT2D eigenvalue weighted by atomic mass is 16.5. The molecular formula is C23H32NO2+. The first-order chi connectivity index (χ1) is 12.8. The number of aryl methyl sites for hydroxylation is 1. The predicted molar refractivity (Wildman–Crippen MR) is 105 cm³/mol. The van der Waals surface area contributed by atoms with Gasteiger partial charge in [0.2, 0.25) is 0 Å². The van der Waals surface area contributed by atoms with Crippen LogP contribution in [-0.2, 0) is 16.1 Å². The van der Waals surface area contributed by atoms with Crippen LogP contribution in [0.1, 0.15) is 63.4 Å². The SMILES string of the molecule is CC[C@@H](C(=O)OCCCCCCCC[n+]1ccccc1)c1ccccc1. The molecule has 0 N–H and O–H groups in total. The van der Waals surface area contributed by atoms with Gasteiger partial charge in [-0.3, -0.25) is 4.79 Å². The molecule has 2 aromatic rings. The molecule has 0 radical (unpaired) electrons. The number of rotatable bonds is 12. The molecule has 0 saturated carbocycles. The van der Waals surface area contributed by atoms with Gasteiger partial charge in [-0.25, -0.2) is 4.57 Å². The zero-order valence-corrected chi connectivity index (χ0v) is 16.0. The van der Waals surface area contributed by atoms with E-state index < -0.39 is 0 Å². The molecule has 0 spiro atoms. The first-order valence-electron chi connectivity index (χ1n) is 9.97. The molecule has 3 nitrogen and oxygen atoms in total. The number of pyridine rings is 1. The molecule has 1 aromatic heterocycles. The van der Waals surface area contributed by atoms with Gasteiger partial charge in [0, 0.05) is 18.6 Å². The molecular weight excluding hydrogens is 322 g/mol. The zero-order chi connectivity index (χ0) is 18.5. The number of benzene rings is 1. The van der Waals surface area contributed by atoms with E-state index in [1.807, 2.05) is 43.3 Å². The summed E-state index contributed by atoms with van der Waals surface area (Å²) in [6.45, 7) is 3.67. The van der Waals surface area contributed by atoms with Crippen molar-refractivity contribution in [3.63, 3.8) is 0 Å². The standard InChI is InChI=1S/C23H32NO2/c1-2-22(21-15-9-7-10-16-21)23(25)26-20-14-6-4-3-5-11-17-24-18-12-8-13-19-24/h7-10,12-13,15-16,18-19,22H,2-6,11,14,17,20H2,1H3/q+1/t22-/m1/s1. The molecule has 0 bridgehead atoms. The van der Waals surface area contributed by atoms with Crippen molar-refractivity contribution in [2.45, 2.75) is 64.3 Å². The number of unbranched alkanes of at least 4 members (excludes halogenated alkanes) is 5. The van der Waals surface area contributed by atoms with Crippen LogP contribution < -0.4 is 4.57 Å². The van der Waals surface area contributed by atoms with Crippen LogP contribution in [0.15, 0.2) is 60.9 Å². The smallest absolute Gasteiger partial charge is 0.313 e. The van der Waals surface area contributed by atoms with E-state index in [1.165, 1.54) is 25.7 Å². The topological polar surface area (TPSA) is 30.2 Å². The molecule has 0 aliphatic heterocycles. The van der Waals surface area contributed by atoms with Crippen LogP contribution >= 0.6 is 0 Å². The average molecular weight is 355 g/mol. The quantitative estimate of drug-likeness (QED) is 0.303. The van der Waals surface area contributed by atoms with E-state index in [0.29, 0.717) is 6.61 Å². The van der Waals surface area contributed by atoms with Crippen molar-refractivity contribution >= 4 is 5.97 Å². The molecule has 0 fully saturated rings. The molecule has 0 amide bonds. The van der Waals surface area contributed by atoms with E-state index in [9.17, 15) is 4.79 Å². The van der Waals surface area contributed by atoms with E-state index >= 15 is 0 Å². The van der Waals surface area contributed by atoms with Gasteiger partial charge in [0.1, 0.15) is 6.54 Å². The van der Waals surface area contributed by atoms with Crippen molar-refractivity contribution in [3.8, 4) is 0 Å². The maximum absolute atomic E-state index is 12.3. The lowest BCUT2D eigenvalue weighted by molar-refractivity contribution is -0.697. The number of nitrogens with zero attached hydrogens (tertiary/aromatic N) is 1. The molecule has 2 rings (SSSR count). The first kappa shape index (κ1) is 20.2. The lowest BCUT2D eigenvalue weighted by atomic mass is 9.97. The second kappa shape index (κ2) is 12.2. The predicted octanol–water partition coefficient (Wildman–Crippen LogP) is 5.05. The molecule has 1 atom stereocenters. The molecule has 1 aromatic carbocycles. The normalized spacial score (nSPS) is 11.9. The Morgan fingerprint density at radius 2 is 1.50 bits per heavy atom. The zero-order valence-electron chi connectivity index (χ0n) is 16.0. The van der Waals surface area contributed by atoms with Gasteiger partial charge in [-0.1, -0.05) is 62.6 Å². The summed E-state index contributed by atoms with van der Waals surface area (Å²) in [4.78, 5) is 12.3. The third kappa shape index (κ3) is 7.38. The van der Waals surface area contributed by atoms with E-state index in [2.05, 4.69) is 29.1 Å². The first-order valence-corrected chi connectivity index (χ1v) is 9.97. The molecule has 26 heavy (non-hydrogen) atoms. The fourth-order valence-electron chi connectivity index (χ4n) is 3.18. The lowest BCUT2D eigenvalue weighted by Crippen LogP contribution is -2.32. The van der Waals surface area contributed by atoms with Crippen molar-refractivity contribution in [3.05, 3.63) is 66.5 Å². The van der Waals surface area contributed by atoms with Gasteiger partial charge in [-0.15, -0.1) is 0 Å². The maximum Gasteiger partial charge on any atom is 0.313 e. The van der Waals surface area contributed by atoms with Crippen molar-refractivity contribution in [1.29, 1.82) is 0 Å². The highest BCUT2D eigenvalue weighted by Crippen LogP contribution is 2.20. The van der Waals surface area contributed by atoms with Gasteiger partial charge < -0.3 is 4.74 Å². The molecule has 3 heteroatoms. The van der Waals surface area contributed by atoms with Gasteiger partial charge in [0.25, 0.3) is 0 Å². The van der Waals surface area contributed by atoms with E-state index in [-0.39, 0.29) is 11.9 Å².